The molecule has 78 valence electrons. The topological polar surface area (TPSA) is 47.0 Å². The first kappa shape index (κ1) is 11.9. The van der Waals surface area contributed by atoms with Crippen LogP contribution in [0.2, 0.25) is 5.15 Å². The summed E-state index contributed by atoms with van der Waals surface area (Å²) in [5, 5.41) is 0.0348. The smallest absolute Gasteiger partial charge is 0.181 e. The average Bonchev–Trinajstić information content (AvgIpc) is 2.12. The van der Waals surface area contributed by atoms with Crippen molar-refractivity contribution in [1.29, 1.82) is 0 Å². The van der Waals surface area contributed by atoms with E-state index in [2.05, 4.69) is 20.9 Å². The number of hydrogen-bond acceptors (Lipinski definition) is 3. The Morgan fingerprint density at radius 1 is 1.57 bits per heavy atom. The van der Waals surface area contributed by atoms with E-state index >= 15 is 0 Å². The van der Waals surface area contributed by atoms with Crippen LogP contribution in [0.15, 0.2) is 15.6 Å². The van der Waals surface area contributed by atoms with Crippen LogP contribution >= 0.6 is 27.5 Å². The summed E-state index contributed by atoms with van der Waals surface area (Å²) in [4.78, 5) is 3.91. The number of nitrogens with zero attached hydrogens (tertiary/aromatic N) is 1. The summed E-state index contributed by atoms with van der Waals surface area (Å²) in [5.41, 5.74) is 0.604. The molecule has 1 rings (SSSR count). The average molecular weight is 299 g/mol. The van der Waals surface area contributed by atoms with E-state index in [0.29, 0.717) is 10.0 Å². The summed E-state index contributed by atoms with van der Waals surface area (Å²) in [6.45, 7) is 3.27. The molecule has 0 unspecified atom stereocenters. The van der Waals surface area contributed by atoms with Gasteiger partial charge in [0.1, 0.15) is 10.0 Å². The van der Waals surface area contributed by atoms with E-state index in [0.717, 1.165) is 0 Å². The second-order valence-corrected chi connectivity index (χ2v) is 6.18. The highest BCUT2D eigenvalue weighted by Crippen LogP contribution is 2.28. The van der Waals surface area contributed by atoms with E-state index < -0.39 is 9.84 Å². The summed E-state index contributed by atoms with van der Waals surface area (Å²) in [6, 6.07) is 0. The van der Waals surface area contributed by atoms with Gasteiger partial charge in [0.05, 0.1) is 5.75 Å². The van der Waals surface area contributed by atoms with Gasteiger partial charge in [-0.15, -0.1) is 0 Å². The normalized spacial score (nSPS) is 11.7. The first-order valence-corrected chi connectivity index (χ1v) is 6.75. The van der Waals surface area contributed by atoms with E-state index in [4.69, 9.17) is 11.6 Å². The van der Waals surface area contributed by atoms with Gasteiger partial charge in [0, 0.05) is 10.7 Å². The second-order valence-electron chi connectivity index (χ2n) is 2.75. The molecule has 0 amide bonds. The molecule has 0 atom stereocenters. The summed E-state index contributed by atoms with van der Waals surface area (Å²) in [7, 11) is -3.31. The van der Waals surface area contributed by atoms with Crippen LogP contribution in [0.4, 0.5) is 0 Å². The van der Waals surface area contributed by atoms with Crippen molar-refractivity contribution in [2.45, 2.75) is 18.7 Å². The summed E-state index contributed by atoms with van der Waals surface area (Å²) < 4.78 is 23.9. The number of sulfone groups is 1. The zero-order valence-electron chi connectivity index (χ0n) is 7.71. The molecule has 1 aromatic rings. The fourth-order valence-corrected chi connectivity index (χ4v) is 3.19. The quantitative estimate of drug-likeness (QED) is 0.789. The van der Waals surface area contributed by atoms with Crippen LogP contribution < -0.4 is 0 Å². The SMILES string of the molecule is CCS(=O)(=O)c1c(Cl)ncc(Br)c1C. The molecule has 0 aromatic carbocycles. The van der Waals surface area contributed by atoms with Crippen molar-refractivity contribution < 1.29 is 8.42 Å². The van der Waals surface area contributed by atoms with E-state index in [1.54, 1.807) is 13.8 Å². The largest absolute Gasteiger partial charge is 0.242 e. The minimum atomic E-state index is -3.31. The van der Waals surface area contributed by atoms with Gasteiger partial charge in [-0.2, -0.15) is 0 Å². The number of pyridine rings is 1. The van der Waals surface area contributed by atoms with E-state index in [1.807, 2.05) is 0 Å². The standard InChI is InChI=1S/C8H9BrClNO2S/c1-3-14(12,13)7-5(2)6(9)4-11-8(7)10/h4H,3H2,1-2H3. The van der Waals surface area contributed by atoms with Crippen LogP contribution in [-0.2, 0) is 9.84 Å². The predicted molar refractivity (Wildman–Crippen MR) is 59.4 cm³/mol. The van der Waals surface area contributed by atoms with Crippen LogP contribution in [0.3, 0.4) is 0 Å². The Hall–Kier alpha value is -0.130. The Morgan fingerprint density at radius 3 is 2.64 bits per heavy atom. The molecule has 0 radical (unpaired) electrons. The van der Waals surface area contributed by atoms with Crippen molar-refractivity contribution in [2.75, 3.05) is 5.75 Å². The fourth-order valence-electron chi connectivity index (χ4n) is 1.04. The molecule has 3 nitrogen and oxygen atoms in total. The number of hydrogen-bond donors (Lipinski definition) is 0. The first-order valence-electron chi connectivity index (χ1n) is 3.93. The third kappa shape index (κ3) is 2.10. The van der Waals surface area contributed by atoms with E-state index in [1.165, 1.54) is 6.20 Å². The molecule has 0 N–H and O–H groups in total. The maximum absolute atomic E-state index is 11.6. The molecule has 0 aliphatic rings. The van der Waals surface area contributed by atoms with Gasteiger partial charge in [0.2, 0.25) is 0 Å². The zero-order valence-corrected chi connectivity index (χ0v) is 10.9. The lowest BCUT2D eigenvalue weighted by Crippen LogP contribution is -2.08. The van der Waals surface area contributed by atoms with Crippen LogP contribution in [0.5, 0.6) is 0 Å². The van der Waals surface area contributed by atoms with Crippen molar-refractivity contribution in [1.82, 2.24) is 4.98 Å². The number of aromatic nitrogens is 1. The van der Waals surface area contributed by atoms with Crippen molar-refractivity contribution in [2.24, 2.45) is 0 Å². The molecule has 6 heteroatoms. The lowest BCUT2D eigenvalue weighted by molar-refractivity contribution is 0.596. The molecule has 0 saturated heterocycles. The Balaban J connectivity index is 3.56. The minimum Gasteiger partial charge on any atom is -0.242 e. The summed E-state index contributed by atoms with van der Waals surface area (Å²) >= 11 is 8.97. The maximum atomic E-state index is 11.6. The van der Waals surface area contributed by atoms with Gasteiger partial charge in [-0.05, 0) is 28.4 Å². The second kappa shape index (κ2) is 4.16. The molecular weight excluding hydrogens is 290 g/mol. The minimum absolute atomic E-state index is 0.0195. The van der Waals surface area contributed by atoms with Gasteiger partial charge in [0.25, 0.3) is 0 Å². The van der Waals surface area contributed by atoms with Crippen molar-refractivity contribution in [3.05, 3.63) is 21.4 Å². The highest BCUT2D eigenvalue weighted by molar-refractivity contribution is 9.10. The Labute approximate surface area is 96.5 Å². The van der Waals surface area contributed by atoms with Crippen LogP contribution in [0, 0.1) is 6.92 Å². The van der Waals surface area contributed by atoms with E-state index in [9.17, 15) is 8.42 Å². The Morgan fingerprint density at radius 2 is 2.14 bits per heavy atom. The molecule has 0 fully saturated rings. The molecule has 0 aliphatic heterocycles. The predicted octanol–water partition coefficient (Wildman–Crippen LogP) is 2.60. The molecule has 1 aromatic heterocycles. The maximum Gasteiger partial charge on any atom is 0.181 e. The molecule has 0 bridgehead atoms. The third-order valence-electron chi connectivity index (χ3n) is 1.87. The van der Waals surface area contributed by atoms with Crippen LogP contribution in [0.1, 0.15) is 12.5 Å². The van der Waals surface area contributed by atoms with Crippen LogP contribution in [0.25, 0.3) is 0 Å². The third-order valence-corrected chi connectivity index (χ3v) is 4.95. The molecule has 1 heterocycles. The highest BCUT2D eigenvalue weighted by atomic mass is 79.9. The zero-order chi connectivity index (χ0) is 10.9. The number of halogens is 2. The molecule has 0 aliphatic carbocycles. The van der Waals surface area contributed by atoms with Crippen LogP contribution in [-0.4, -0.2) is 19.2 Å². The molecule has 0 spiro atoms. The first-order chi connectivity index (χ1) is 6.40. The van der Waals surface area contributed by atoms with Gasteiger partial charge in [-0.3, -0.25) is 0 Å². The number of rotatable bonds is 2. The Bertz CT molecular complexity index is 459. The fraction of sp³-hybridized carbons (Fsp3) is 0.375. The lowest BCUT2D eigenvalue weighted by Gasteiger charge is -2.08. The molecule has 14 heavy (non-hydrogen) atoms. The van der Waals surface area contributed by atoms with Crippen molar-refractivity contribution in [3.8, 4) is 0 Å². The summed E-state index contributed by atoms with van der Waals surface area (Å²) in [6.07, 6.45) is 1.49. The van der Waals surface area contributed by atoms with Gasteiger partial charge in [-0.25, -0.2) is 13.4 Å². The highest BCUT2D eigenvalue weighted by Gasteiger charge is 2.20. The van der Waals surface area contributed by atoms with Gasteiger partial charge >= 0.3 is 0 Å². The molecule has 0 saturated carbocycles. The Kier molecular flexibility index (Phi) is 3.55. The summed E-state index contributed by atoms with van der Waals surface area (Å²) in [5.74, 6) is 0.0195. The van der Waals surface area contributed by atoms with E-state index in [-0.39, 0.29) is 15.8 Å². The van der Waals surface area contributed by atoms with Crippen molar-refractivity contribution in [3.63, 3.8) is 0 Å². The monoisotopic (exact) mass is 297 g/mol. The van der Waals surface area contributed by atoms with Gasteiger partial charge in [-0.1, -0.05) is 18.5 Å². The van der Waals surface area contributed by atoms with Gasteiger partial charge in [0.15, 0.2) is 9.84 Å². The van der Waals surface area contributed by atoms with Crippen molar-refractivity contribution >= 4 is 37.4 Å². The lowest BCUT2D eigenvalue weighted by atomic mass is 10.3. The molecular formula is C8H9BrClNO2S. The van der Waals surface area contributed by atoms with Gasteiger partial charge < -0.3 is 0 Å².